The van der Waals surface area contributed by atoms with Gasteiger partial charge in [-0.05, 0) is 60.0 Å². The second-order valence-corrected chi connectivity index (χ2v) is 7.38. The Morgan fingerprint density at radius 1 is 0.931 bits per heavy atom. The van der Waals surface area contributed by atoms with Crippen LogP contribution in [-0.2, 0) is 13.0 Å². The fraction of sp³-hybridized carbons (Fsp3) is 0.130. The van der Waals surface area contributed by atoms with Crippen LogP contribution in [0.1, 0.15) is 18.1 Å². The first-order chi connectivity index (χ1) is 14.1. The highest BCUT2D eigenvalue weighted by Crippen LogP contribution is 2.30. The first-order valence-corrected chi connectivity index (χ1v) is 9.98. The summed E-state index contributed by atoms with van der Waals surface area (Å²) in [6.45, 7) is 2.58. The largest absolute Gasteiger partial charge is 0.489 e. The van der Waals surface area contributed by atoms with Gasteiger partial charge in [-0.2, -0.15) is 4.98 Å². The zero-order valence-electron chi connectivity index (χ0n) is 15.7. The van der Waals surface area contributed by atoms with E-state index in [0.29, 0.717) is 33.9 Å². The topological polar surface area (TPSA) is 48.2 Å². The summed E-state index contributed by atoms with van der Waals surface area (Å²) in [5, 5.41) is 5.08. The Labute approximate surface area is 179 Å². The van der Waals surface area contributed by atoms with Gasteiger partial charge in [0, 0.05) is 16.1 Å². The van der Waals surface area contributed by atoms with Crippen LogP contribution in [0.4, 0.5) is 0 Å². The van der Waals surface area contributed by atoms with Crippen molar-refractivity contribution in [3.05, 3.63) is 87.9 Å². The van der Waals surface area contributed by atoms with E-state index in [0.717, 1.165) is 23.3 Å². The molecule has 0 aliphatic heterocycles. The van der Waals surface area contributed by atoms with Crippen LogP contribution in [0, 0.1) is 0 Å². The third-order valence-electron chi connectivity index (χ3n) is 4.51. The number of nitrogens with zero attached hydrogens (tertiary/aromatic N) is 2. The molecule has 4 nitrogen and oxygen atoms in total. The molecule has 4 rings (SSSR count). The van der Waals surface area contributed by atoms with Gasteiger partial charge in [0.1, 0.15) is 12.4 Å². The summed E-state index contributed by atoms with van der Waals surface area (Å²) in [5.41, 5.74) is 3.77. The van der Waals surface area contributed by atoms with E-state index in [1.807, 2.05) is 36.4 Å². The fourth-order valence-corrected chi connectivity index (χ4v) is 3.40. The summed E-state index contributed by atoms with van der Waals surface area (Å²) in [6, 6.07) is 21.1. The molecule has 29 heavy (non-hydrogen) atoms. The molecule has 0 saturated carbocycles. The number of aryl methyl sites for hydroxylation is 1. The first kappa shape index (κ1) is 19.5. The Morgan fingerprint density at radius 3 is 2.52 bits per heavy atom. The average Bonchev–Trinajstić information content (AvgIpc) is 3.23. The maximum Gasteiger partial charge on any atom is 0.258 e. The quantitative estimate of drug-likeness (QED) is 0.339. The van der Waals surface area contributed by atoms with Crippen LogP contribution >= 0.6 is 23.2 Å². The van der Waals surface area contributed by atoms with E-state index in [9.17, 15) is 0 Å². The predicted molar refractivity (Wildman–Crippen MR) is 115 cm³/mol. The molecule has 0 N–H and O–H groups in total. The summed E-state index contributed by atoms with van der Waals surface area (Å²) in [4.78, 5) is 4.47. The van der Waals surface area contributed by atoms with Crippen LogP contribution < -0.4 is 4.74 Å². The maximum atomic E-state index is 6.24. The molecule has 0 bridgehead atoms. The molecule has 0 spiro atoms. The lowest BCUT2D eigenvalue weighted by Gasteiger charge is -2.07. The van der Waals surface area contributed by atoms with Crippen molar-refractivity contribution in [3.8, 4) is 28.6 Å². The van der Waals surface area contributed by atoms with Crippen LogP contribution in [0.15, 0.2) is 71.3 Å². The van der Waals surface area contributed by atoms with Crippen molar-refractivity contribution in [1.82, 2.24) is 10.1 Å². The standard InChI is InChI=1S/C23H18Cl2N2O2/c1-2-15-6-9-19(10-7-15)28-14-16-4-3-5-17(12-16)23-26-22(27-29-23)20-11-8-18(24)13-21(20)25/h3-13H,2,14H2,1H3. The van der Waals surface area contributed by atoms with E-state index in [4.69, 9.17) is 32.5 Å². The zero-order valence-corrected chi connectivity index (χ0v) is 17.2. The Bertz CT molecular complexity index is 1120. The van der Waals surface area contributed by atoms with Crippen LogP contribution in [0.25, 0.3) is 22.8 Å². The molecule has 0 fully saturated rings. The van der Waals surface area contributed by atoms with Gasteiger partial charge in [-0.3, -0.25) is 0 Å². The highest BCUT2D eigenvalue weighted by atomic mass is 35.5. The minimum atomic E-state index is 0.416. The number of ether oxygens (including phenoxy) is 1. The van der Waals surface area contributed by atoms with Gasteiger partial charge < -0.3 is 9.26 Å². The molecule has 0 aliphatic carbocycles. The Kier molecular flexibility index (Phi) is 5.84. The van der Waals surface area contributed by atoms with E-state index in [1.165, 1.54) is 5.56 Å². The van der Waals surface area contributed by atoms with E-state index in [1.54, 1.807) is 18.2 Å². The van der Waals surface area contributed by atoms with Crippen molar-refractivity contribution in [3.63, 3.8) is 0 Å². The van der Waals surface area contributed by atoms with Gasteiger partial charge in [-0.25, -0.2) is 0 Å². The second-order valence-electron chi connectivity index (χ2n) is 6.53. The van der Waals surface area contributed by atoms with Crippen LogP contribution in [0.2, 0.25) is 10.0 Å². The highest BCUT2D eigenvalue weighted by Gasteiger charge is 2.14. The third-order valence-corrected chi connectivity index (χ3v) is 5.06. The second kappa shape index (κ2) is 8.68. The molecule has 0 amide bonds. The number of hydrogen-bond acceptors (Lipinski definition) is 4. The molecular formula is C23H18Cl2N2O2. The molecule has 0 unspecified atom stereocenters. The predicted octanol–water partition coefficient (Wildman–Crippen LogP) is 6.85. The third kappa shape index (κ3) is 4.61. The Morgan fingerprint density at radius 2 is 1.76 bits per heavy atom. The highest BCUT2D eigenvalue weighted by molar-refractivity contribution is 6.36. The summed E-state index contributed by atoms with van der Waals surface area (Å²) in [5.74, 6) is 1.67. The summed E-state index contributed by atoms with van der Waals surface area (Å²) < 4.78 is 11.3. The average molecular weight is 425 g/mol. The fourth-order valence-electron chi connectivity index (χ4n) is 2.90. The molecule has 0 radical (unpaired) electrons. The molecule has 0 atom stereocenters. The van der Waals surface area contributed by atoms with Gasteiger partial charge in [0.15, 0.2) is 0 Å². The van der Waals surface area contributed by atoms with Crippen molar-refractivity contribution in [2.45, 2.75) is 20.0 Å². The van der Waals surface area contributed by atoms with Crippen molar-refractivity contribution < 1.29 is 9.26 Å². The number of hydrogen-bond donors (Lipinski definition) is 0. The zero-order chi connectivity index (χ0) is 20.2. The maximum absolute atomic E-state index is 6.24. The summed E-state index contributed by atoms with van der Waals surface area (Å²) >= 11 is 12.2. The SMILES string of the molecule is CCc1ccc(OCc2cccc(-c3nc(-c4ccc(Cl)cc4Cl)no3)c2)cc1. The number of rotatable bonds is 6. The minimum Gasteiger partial charge on any atom is -0.489 e. The smallest absolute Gasteiger partial charge is 0.258 e. The van der Waals surface area contributed by atoms with Crippen LogP contribution in [-0.4, -0.2) is 10.1 Å². The monoisotopic (exact) mass is 424 g/mol. The minimum absolute atomic E-state index is 0.416. The van der Waals surface area contributed by atoms with Gasteiger partial charge in [0.05, 0.1) is 5.02 Å². The molecule has 1 heterocycles. The van der Waals surface area contributed by atoms with E-state index >= 15 is 0 Å². The molecule has 4 aromatic rings. The van der Waals surface area contributed by atoms with Crippen LogP contribution in [0.5, 0.6) is 5.75 Å². The molecule has 1 aromatic heterocycles. The van der Waals surface area contributed by atoms with Crippen molar-refractivity contribution in [2.75, 3.05) is 0 Å². The van der Waals surface area contributed by atoms with Crippen molar-refractivity contribution >= 4 is 23.2 Å². The van der Waals surface area contributed by atoms with Crippen molar-refractivity contribution in [2.24, 2.45) is 0 Å². The number of aromatic nitrogens is 2. The summed E-state index contributed by atoms with van der Waals surface area (Å²) in [6.07, 6.45) is 1.01. The van der Waals surface area contributed by atoms with E-state index in [2.05, 4.69) is 29.2 Å². The van der Waals surface area contributed by atoms with E-state index in [-0.39, 0.29) is 0 Å². The van der Waals surface area contributed by atoms with E-state index < -0.39 is 0 Å². The molecule has 6 heteroatoms. The lowest BCUT2D eigenvalue weighted by molar-refractivity contribution is 0.306. The van der Waals surface area contributed by atoms with Gasteiger partial charge >= 0.3 is 0 Å². The van der Waals surface area contributed by atoms with Gasteiger partial charge in [0.2, 0.25) is 5.82 Å². The molecule has 0 aliphatic rings. The molecular weight excluding hydrogens is 407 g/mol. The van der Waals surface area contributed by atoms with Gasteiger partial charge in [-0.1, -0.05) is 59.5 Å². The molecule has 3 aromatic carbocycles. The van der Waals surface area contributed by atoms with Crippen molar-refractivity contribution in [1.29, 1.82) is 0 Å². The number of benzene rings is 3. The Balaban J connectivity index is 1.50. The summed E-state index contributed by atoms with van der Waals surface area (Å²) in [7, 11) is 0. The molecule has 0 saturated heterocycles. The first-order valence-electron chi connectivity index (χ1n) is 9.22. The lowest BCUT2D eigenvalue weighted by Crippen LogP contribution is -1.96. The van der Waals surface area contributed by atoms with Gasteiger partial charge in [0.25, 0.3) is 5.89 Å². The Hall–Kier alpha value is -2.82. The lowest BCUT2D eigenvalue weighted by atomic mass is 10.1. The number of halogens is 2. The normalized spacial score (nSPS) is 10.9. The van der Waals surface area contributed by atoms with Crippen LogP contribution in [0.3, 0.4) is 0 Å². The molecule has 146 valence electrons. The van der Waals surface area contributed by atoms with Gasteiger partial charge in [-0.15, -0.1) is 0 Å².